The summed E-state index contributed by atoms with van der Waals surface area (Å²) in [5.41, 5.74) is 1.38. The summed E-state index contributed by atoms with van der Waals surface area (Å²) in [7, 11) is 0. The van der Waals surface area contributed by atoms with Crippen LogP contribution in [0.15, 0.2) is 76.9 Å². The Morgan fingerprint density at radius 3 is 2.24 bits per heavy atom. The number of aromatic nitrogens is 1. The molecule has 0 aliphatic carbocycles. The van der Waals surface area contributed by atoms with E-state index in [4.69, 9.17) is 0 Å². The van der Waals surface area contributed by atoms with Crippen molar-refractivity contribution in [3.8, 4) is 5.69 Å². The van der Waals surface area contributed by atoms with Crippen LogP contribution in [-0.4, -0.2) is 22.4 Å². The van der Waals surface area contributed by atoms with Crippen molar-refractivity contribution in [2.75, 3.05) is 4.90 Å². The van der Waals surface area contributed by atoms with E-state index in [9.17, 15) is 18.8 Å². The predicted molar refractivity (Wildman–Crippen MR) is 109 cm³/mol. The summed E-state index contributed by atoms with van der Waals surface area (Å²) in [6.07, 6.45) is 3.21. The monoisotopic (exact) mass is 453 g/mol. The first-order valence-corrected chi connectivity index (χ1v) is 9.33. The molecule has 1 aromatic heterocycles. The molecule has 144 valence electrons. The van der Waals surface area contributed by atoms with E-state index in [-0.39, 0.29) is 11.3 Å². The van der Waals surface area contributed by atoms with E-state index in [2.05, 4.69) is 21.2 Å². The summed E-state index contributed by atoms with van der Waals surface area (Å²) >= 11 is 3.38. The number of carbonyl (C=O) groups is 3. The Bertz CT molecular complexity index is 1150. The van der Waals surface area contributed by atoms with Gasteiger partial charge in [-0.3, -0.25) is 14.9 Å². The van der Waals surface area contributed by atoms with Crippen molar-refractivity contribution in [2.24, 2.45) is 0 Å². The molecule has 4 rings (SSSR count). The second-order valence-corrected chi connectivity index (χ2v) is 7.13. The molecule has 2 aromatic carbocycles. The Kier molecular flexibility index (Phi) is 4.85. The van der Waals surface area contributed by atoms with E-state index >= 15 is 0 Å². The third-order valence-electron chi connectivity index (χ3n) is 4.36. The summed E-state index contributed by atoms with van der Waals surface area (Å²) in [5, 5.41) is 2.15. The minimum absolute atomic E-state index is 0.163. The van der Waals surface area contributed by atoms with Gasteiger partial charge in [0.25, 0.3) is 11.8 Å². The van der Waals surface area contributed by atoms with Gasteiger partial charge in [-0.1, -0.05) is 15.9 Å². The van der Waals surface area contributed by atoms with Gasteiger partial charge < -0.3 is 4.57 Å². The lowest BCUT2D eigenvalue weighted by molar-refractivity contribution is -0.122. The molecule has 1 saturated heterocycles. The topological polar surface area (TPSA) is 71.4 Å². The lowest BCUT2D eigenvalue weighted by atomic mass is 10.1. The van der Waals surface area contributed by atoms with Gasteiger partial charge in [0.05, 0.1) is 5.69 Å². The molecule has 1 fully saturated rings. The number of barbiturate groups is 1. The van der Waals surface area contributed by atoms with Crippen LogP contribution in [0.2, 0.25) is 0 Å². The number of rotatable bonds is 3. The van der Waals surface area contributed by atoms with Gasteiger partial charge >= 0.3 is 6.03 Å². The average Bonchev–Trinajstić information content (AvgIpc) is 3.15. The molecule has 1 aliphatic heterocycles. The van der Waals surface area contributed by atoms with Crippen LogP contribution >= 0.6 is 15.9 Å². The van der Waals surface area contributed by atoms with Gasteiger partial charge in [-0.2, -0.15) is 0 Å². The summed E-state index contributed by atoms with van der Waals surface area (Å²) < 4.78 is 15.9. The quantitative estimate of drug-likeness (QED) is 0.480. The number of urea groups is 1. The van der Waals surface area contributed by atoms with Crippen LogP contribution in [0.3, 0.4) is 0 Å². The van der Waals surface area contributed by atoms with Gasteiger partial charge in [-0.05, 0) is 66.7 Å². The zero-order chi connectivity index (χ0) is 20.5. The zero-order valence-corrected chi connectivity index (χ0v) is 16.4. The number of halogens is 2. The lowest BCUT2D eigenvalue weighted by Gasteiger charge is -2.26. The molecule has 0 bridgehead atoms. The highest BCUT2D eigenvalue weighted by Gasteiger charge is 2.37. The molecule has 0 atom stereocenters. The molecule has 1 N–H and O–H groups in total. The molecule has 29 heavy (non-hydrogen) atoms. The van der Waals surface area contributed by atoms with Crippen molar-refractivity contribution < 1.29 is 18.8 Å². The number of hydrogen-bond donors (Lipinski definition) is 1. The first-order valence-electron chi connectivity index (χ1n) is 8.54. The van der Waals surface area contributed by atoms with E-state index in [1.807, 2.05) is 24.3 Å². The molecule has 0 unspecified atom stereocenters. The Morgan fingerprint density at radius 2 is 1.55 bits per heavy atom. The normalized spacial score (nSPS) is 15.7. The van der Waals surface area contributed by atoms with Crippen molar-refractivity contribution in [1.82, 2.24) is 9.88 Å². The van der Waals surface area contributed by atoms with E-state index in [0.717, 1.165) is 27.2 Å². The highest BCUT2D eigenvalue weighted by Crippen LogP contribution is 2.23. The first kappa shape index (κ1) is 18.8. The van der Waals surface area contributed by atoms with Gasteiger partial charge in [0.1, 0.15) is 11.4 Å². The van der Waals surface area contributed by atoms with Crippen LogP contribution in [0.25, 0.3) is 11.8 Å². The highest BCUT2D eigenvalue weighted by molar-refractivity contribution is 9.10. The van der Waals surface area contributed by atoms with E-state index < -0.39 is 23.7 Å². The van der Waals surface area contributed by atoms with Crippen LogP contribution in [0.5, 0.6) is 0 Å². The number of anilines is 1. The number of carbonyl (C=O) groups excluding carboxylic acids is 3. The van der Waals surface area contributed by atoms with Crippen LogP contribution in [-0.2, 0) is 9.59 Å². The van der Waals surface area contributed by atoms with E-state index in [0.29, 0.717) is 5.69 Å². The molecule has 0 saturated carbocycles. The van der Waals surface area contributed by atoms with Crippen LogP contribution in [0, 0.1) is 5.82 Å². The molecule has 3 aromatic rings. The number of hydrogen-bond acceptors (Lipinski definition) is 3. The largest absolute Gasteiger partial charge is 0.335 e. The maximum Gasteiger partial charge on any atom is 0.335 e. The van der Waals surface area contributed by atoms with Crippen molar-refractivity contribution in [1.29, 1.82) is 0 Å². The van der Waals surface area contributed by atoms with Crippen LogP contribution in [0.4, 0.5) is 14.9 Å². The average molecular weight is 454 g/mol. The van der Waals surface area contributed by atoms with Gasteiger partial charge in [0, 0.05) is 22.1 Å². The van der Waals surface area contributed by atoms with Gasteiger partial charge in [0.15, 0.2) is 0 Å². The molecule has 6 nitrogen and oxygen atoms in total. The third kappa shape index (κ3) is 3.62. The minimum Gasteiger partial charge on any atom is -0.317 e. The maximum atomic E-state index is 13.2. The van der Waals surface area contributed by atoms with Gasteiger partial charge in [-0.15, -0.1) is 0 Å². The van der Waals surface area contributed by atoms with Crippen molar-refractivity contribution in [2.45, 2.75) is 0 Å². The SMILES string of the molecule is O=C1NC(=O)N(c2ccc(F)cc2)C(=O)/C1=C/c1cccn1-c1ccc(Br)cc1. The second-order valence-electron chi connectivity index (χ2n) is 6.21. The molecule has 4 amide bonds. The van der Waals surface area contributed by atoms with Crippen LogP contribution < -0.4 is 10.2 Å². The fourth-order valence-corrected chi connectivity index (χ4v) is 3.24. The summed E-state index contributed by atoms with van der Waals surface area (Å²) in [4.78, 5) is 38.3. The summed E-state index contributed by atoms with van der Waals surface area (Å²) in [6.45, 7) is 0. The molecule has 0 radical (unpaired) electrons. The van der Waals surface area contributed by atoms with Crippen molar-refractivity contribution in [3.63, 3.8) is 0 Å². The second kappa shape index (κ2) is 7.48. The molecule has 1 aliphatic rings. The molecule has 2 heterocycles. The molecule has 0 spiro atoms. The number of nitrogens with zero attached hydrogens (tertiary/aromatic N) is 2. The molecular formula is C21H13BrFN3O3. The summed E-state index contributed by atoms with van der Waals surface area (Å²) in [5.74, 6) is -2.08. The number of amides is 4. The Hall–Kier alpha value is -3.52. The standard InChI is InChI=1S/C21H13BrFN3O3/c22-13-3-7-15(8-4-13)25-11-1-2-17(25)12-18-19(27)24-21(29)26(20(18)28)16-9-5-14(23)6-10-16/h1-12H,(H,24,27,29)/b18-12+. The molecule has 8 heteroatoms. The Balaban J connectivity index is 1.73. The maximum absolute atomic E-state index is 13.2. The zero-order valence-electron chi connectivity index (χ0n) is 14.8. The van der Waals surface area contributed by atoms with E-state index in [1.54, 1.807) is 22.9 Å². The fraction of sp³-hybridized carbons (Fsp3) is 0. The number of imide groups is 2. The predicted octanol–water partition coefficient (Wildman–Crippen LogP) is 4.05. The van der Waals surface area contributed by atoms with Crippen molar-refractivity contribution >= 4 is 45.5 Å². The highest BCUT2D eigenvalue weighted by atomic mass is 79.9. The lowest BCUT2D eigenvalue weighted by Crippen LogP contribution is -2.54. The molecular weight excluding hydrogens is 441 g/mol. The van der Waals surface area contributed by atoms with Crippen LogP contribution in [0.1, 0.15) is 5.69 Å². The van der Waals surface area contributed by atoms with Crippen molar-refractivity contribution in [3.05, 3.63) is 88.4 Å². The number of nitrogens with one attached hydrogen (secondary N) is 1. The van der Waals surface area contributed by atoms with Gasteiger partial charge in [0.2, 0.25) is 0 Å². The number of benzene rings is 2. The van der Waals surface area contributed by atoms with Gasteiger partial charge in [-0.25, -0.2) is 14.1 Å². The first-order chi connectivity index (χ1) is 13.9. The fourth-order valence-electron chi connectivity index (χ4n) is 2.98. The third-order valence-corrected chi connectivity index (χ3v) is 4.89. The Labute approximate surface area is 173 Å². The van der Waals surface area contributed by atoms with E-state index in [1.165, 1.54) is 18.2 Å². The summed E-state index contributed by atoms with van der Waals surface area (Å²) in [6, 6.07) is 15.0. The Morgan fingerprint density at radius 1 is 0.897 bits per heavy atom. The smallest absolute Gasteiger partial charge is 0.317 e. The minimum atomic E-state index is -0.882.